The summed E-state index contributed by atoms with van der Waals surface area (Å²) in [6.07, 6.45) is 4.91. The van der Waals surface area contributed by atoms with Crippen molar-refractivity contribution in [2.45, 2.75) is 42.5 Å². The van der Waals surface area contributed by atoms with Crippen molar-refractivity contribution in [1.82, 2.24) is 10.3 Å². The minimum absolute atomic E-state index is 0.160. The topological polar surface area (TPSA) is 58.3 Å². The van der Waals surface area contributed by atoms with Crippen LogP contribution in [0.15, 0.2) is 33.9 Å². The number of thioether (sulfide) groups is 1. The second kappa shape index (κ2) is 5.30. The molecule has 21 heavy (non-hydrogen) atoms. The van der Waals surface area contributed by atoms with Gasteiger partial charge >= 0.3 is 0 Å². The summed E-state index contributed by atoms with van der Waals surface area (Å²) in [7, 11) is 0. The van der Waals surface area contributed by atoms with Gasteiger partial charge in [0.1, 0.15) is 5.52 Å². The summed E-state index contributed by atoms with van der Waals surface area (Å²) in [5.74, 6) is 1.41. The Labute approximate surface area is 128 Å². The average molecular weight is 304 g/mol. The van der Waals surface area contributed by atoms with E-state index in [1.165, 1.54) is 25.7 Å². The number of aromatic nitrogens is 1. The van der Waals surface area contributed by atoms with Crippen molar-refractivity contribution in [1.29, 1.82) is 0 Å². The summed E-state index contributed by atoms with van der Waals surface area (Å²) >= 11 is 1.62. The van der Waals surface area contributed by atoms with E-state index in [2.05, 4.69) is 10.3 Å². The fraction of sp³-hybridized carbons (Fsp3) is 0.562. The van der Waals surface area contributed by atoms with Gasteiger partial charge in [-0.2, -0.15) is 0 Å². The number of rotatable bonds is 7. The molecule has 2 saturated carbocycles. The second-order valence-electron chi connectivity index (χ2n) is 6.24. The Balaban J connectivity index is 1.49. The molecule has 1 atom stereocenters. The Morgan fingerprint density at radius 2 is 2.10 bits per heavy atom. The smallest absolute Gasteiger partial charge is 0.256 e. The lowest BCUT2D eigenvalue weighted by molar-refractivity contribution is 0.157. The Kier molecular flexibility index (Phi) is 3.44. The summed E-state index contributed by atoms with van der Waals surface area (Å²) < 4.78 is 5.77. The minimum atomic E-state index is -0.160. The van der Waals surface area contributed by atoms with Crippen molar-refractivity contribution >= 4 is 22.9 Å². The third-order valence-electron chi connectivity index (χ3n) is 4.44. The van der Waals surface area contributed by atoms with Gasteiger partial charge in [-0.1, -0.05) is 23.9 Å². The van der Waals surface area contributed by atoms with Crippen molar-refractivity contribution in [2.75, 3.05) is 12.4 Å². The minimum Gasteiger partial charge on any atom is -0.431 e. The molecule has 0 saturated heterocycles. The Hall–Kier alpha value is -1.04. The lowest BCUT2D eigenvalue weighted by atomic mass is 9.96. The first-order chi connectivity index (χ1) is 10.3. The molecule has 4 rings (SSSR count). The quantitative estimate of drug-likeness (QED) is 0.770. The van der Waals surface area contributed by atoms with Crippen LogP contribution in [0.5, 0.6) is 0 Å². The maximum absolute atomic E-state index is 9.95. The molecule has 2 aliphatic carbocycles. The summed E-state index contributed by atoms with van der Waals surface area (Å²) in [5.41, 5.74) is 1.57. The fourth-order valence-corrected chi connectivity index (χ4v) is 3.97. The Bertz CT molecular complexity index is 603. The second-order valence-corrected chi connectivity index (χ2v) is 7.17. The largest absolute Gasteiger partial charge is 0.431 e. The zero-order chi connectivity index (χ0) is 14.3. The van der Waals surface area contributed by atoms with Crippen LogP contribution in [0.2, 0.25) is 0 Å². The predicted molar refractivity (Wildman–Crippen MR) is 83.4 cm³/mol. The SMILES string of the molecule is OCC(CSc1nc2ccccc2o1)(NC1CC1)C1CC1. The highest BCUT2D eigenvalue weighted by Gasteiger charge is 2.47. The van der Waals surface area contributed by atoms with Gasteiger partial charge in [0, 0.05) is 11.8 Å². The first kappa shape index (κ1) is 13.6. The van der Waals surface area contributed by atoms with Gasteiger partial charge in [-0.3, -0.25) is 0 Å². The number of para-hydroxylation sites is 2. The summed E-state index contributed by atoms with van der Waals surface area (Å²) in [4.78, 5) is 4.51. The van der Waals surface area contributed by atoms with Crippen molar-refractivity contribution in [3.05, 3.63) is 24.3 Å². The molecular formula is C16H20N2O2S. The number of hydrogen-bond acceptors (Lipinski definition) is 5. The molecule has 2 aromatic rings. The van der Waals surface area contributed by atoms with Crippen LogP contribution in [0.4, 0.5) is 0 Å². The van der Waals surface area contributed by atoms with E-state index in [4.69, 9.17) is 4.42 Å². The number of fused-ring (bicyclic) bond motifs is 1. The molecule has 5 heteroatoms. The lowest BCUT2D eigenvalue weighted by Crippen LogP contribution is -2.53. The van der Waals surface area contributed by atoms with Crippen LogP contribution >= 0.6 is 11.8 Å². The van der Waals surface area contributed by atoms with Crippen LogP contribution in [0, 0.1) is 5.92 Å². The molecule has 2 aliphatic rings. The molecule has 0 bridgehead atoms. The van der Waals surface area contributed by atoms with E-state index in [0.29, 0.717) is 17.2 Å². The zero-order valence-electron chi connectivity index (χ0n) is 11.9. The van der Waals surface area contributed by atoms with E-state index in [0.717, 1.165) is 16.9 Å². The van der Waals surface area contributed by atoms with E-state index in [9.17, 15) is 5.11 Å². The van der Waals surface area contributed by atoms with E-state index in [1.54, 1.807) is 11.8 Å². The summed E-state index contributed by atoms with van der Waals surface area (Å²) in [6, 6.07) is 8.43. The molecule has 0 amide bonds. The van der Waals surface area contributed by atoms with Crippen LogP contribution < -0.4 is 5.32 Å². The predicted octanol–water partition coefficient (Wildman–Crippen LogP) is 2.81. The van der Waals surface area contributed by atoms with Crippen LogP contribution in [0.3, 0.4) is 0 Å². The molecule has 0 spiro atoms. The molecular weight excluding hydrogens is 284 g/mol. The van der Waals surface area contributed by atoms with Gasteiger partial charge in [-0.15, -0.1) is 0 Å². The highest BCUT2D eigenvalue weighted by molar-refractivity contribution is 7.99. The molecule has 2 N–H and O–H groups in total. The maximum Gasteiger partial charge on any atom is 0.256 e. The van der Waals surface area contributed by atoms with Crippen LogP contribution in [-0.2, 0) is 0 Å². The van der Waals surface area contributed by atoms with E-state index in [-0.39, 0.29) is 12.1 Å². The van der Waals surface area contributed by atoms with Crippen LogP contribution in [0.1, 0.15) is 25.7 Å². The van der Waals surface area contributed by atoms with Crippen LogP contribution in [0.25, 0.3) is 11.1 Å². The van der Waals surface area contributed by atoms with Crippen molar-refractivity contribution in [3.63, 3.8) is 0 Å². The van der Waals surface area contributed by atoms with E-state index >= 15 is 0 Å². The summed E-state index contributed by atoms with van der Waals surface area (Å²) in [5, 5.41) is 14.3. The van der Waals surface area contributed by atoms with Crippen molar-refractivity contribution < 1.29 is 9.52 Å². The van der Waals surface area contributed by atoms with Gasteiger partial charge < -0.3 is 14.8 Å². The third kappa shape index (κ3) is 2.82. The van der Waals surface area contributed by atoms with Gasteiger partial charge in [0.2, 0.25) is 0 Å². The highest BCUT2D eigenvalue weighted by atomic mass is 32.2. The van der Waals surface area contributed by atoms with Crippen LogP contribution in [-0.4, -0.2) is 34.0 Å². The zero-order valence-corrected chi connectivity index (χ0v) is 12.7. The molecule has 2 fully saturated rings. The number of aliphatic hydroxyl groups is 1. The van der Waals surface area contributed by atoms with Gasteiger partial charge in [0.05, 0.1) is 12.1 Å². The summed E-state index contributed by atoms with van der Waals surface area (Å²) in [6.45, 7) is 0.196. The first-order valence-corrected chi connectivity index (χ1v) is 8.64. The number of nitrogens with one attached hydrogen (secondary N) is 1. The molecule has 112 valence electrons. The normalized spacial score (nSPS) is 21.6. The molecule has 4 nitrogen and oxygen atoms in total. The first-order valence-electron chi connectivity index (χ1n) is 7.66. The molecule has 0 radical (unpaired) electrons. The average Bonchev–Trinajstić information content (AvgIpc) is 3.41. The standard InChI is InChI=1S/C16H20N2O2S/c19-9-16(11-5-6-11,18-12-7-8-12)10-21-15-17-13-3-1-2-4-14(13)20-15/h1-4,11-12,18-19H,5-10H2. The van der Waals surface area contributed by atoms with Gasteiger partial charge in [0.25, 0.3) is 5.22 Å². The van der Waals surface area contributed by atoms with Gasteiger partial charge in [0.15, 0.2) is 5.58 Å². The third-order valence-corrected chi connectivity index (χ3v) is 5.52. The number of aliphatic hydroxyl groups excluding tert-OH is 1. The Morgan fingerprint density at radius 3 is 2.76 bits per heavy atom. The van der Waals surface area contributed by atoms with E-state index < -0.39 is 0 Å². The van der Waals surface area contributed by atoms with Crippen molar-refractivity contribution in [3.8, 4) is 0 Å². The monoisotopic (exact) mass is 304 g/mol. The molecule has 1 aromatic carbocycles. The molecule has 1 heterocycles. The highest BCUT2D eigenvalue weighted by Crippen LogP contribution is 2.44. The number of benzene rings is 1. The molecule has 1 unspecified atom stereocenters. The van der Waals surface area contributed by atoms with E-state index in [1.807, 2.05) is 24.3 Å². The number of hydrogen-bond donors (Lipinski definition) is 2. The Morgan fingerprint density at radius 1 is 1.29 bits per heavy atom. The molecule has 0 aliphatic heterocycles. The van der Waals surface area contributed by atoms with Crippen molar-refractivity contribution in [2.24, 2.45) is 5.92 Å². The number of oxazole rings is 1. The maximum atomic E-state index is 9.95. The fourth-order valence-electron chi connectivity index (χ4n) is 2.87. The van der Waals surface area contributed by atoms with Gasteiger partial charge in [-0.25, -0.2) is 4.98 Å². The lowest BCUT2D eigenvalue weighted by Gasteiger charge is -2.33. The number of nitrogens with zero attached hydrogens (tertiary/aromatic N) is 1. The van der Waals surface area contributed by atoms with Gasteiger partial charge in [-0.05, 0) is 43.7 Å². The molecule has 1 aromatic heterocycles.